The van der Waals surface area contributed by atoms with Gasteiger partial charge in [-0.05, 0) is 24.3 Å². The van der Waals surface area contributed by atoms with Gasteiger partial charge in [-0.25, -0.2) is 14.5 Å². The Hall–Kier alpha value is -5.19. The van der Waals surface area contributed by atoms with Crippen molar-refractivity contribution in [3.05, 3.63) is 107 Å². The molecule has 2 heterocycles. The van der Waals surface area contributed by atoms with E-state index in [0.29, 0.717) is 11.4 Å². The number of ether oxygens (including phenoxy) is 1. The van der Waals surface area contributed by atoms with E-state index in [-0.39, 0.29) is 29.9 Å². The summed E-state index contributed by atoms with van der Waals surface area (Å²) in [6, 6.07) is 24.3. The molecule has 0 radical (unpaired) electrons. The van der Waals surface area contributed by atoms with E-state index in [9.17, 15) is 14.9 Å². The van der Waals surface area contributed by atoms with E-state index in [0.717, 1.165) is 11.3 Å². The normalized spacial score (nSPS) is 10.7. The summed E-state index contributed by atoms with van der Waals surface area (Å²) in [4.78, 5) is 27.4. The number of nitrogens with zero attached hydrogens (tertiary/aromatic N) is 6. The zero-order valence-electron chi connectivity index (χ0n) is 18.0. The van der Waals surface area contributed by atoms with Gasteiger partial charge in [0.2, 0.25) is 5.89 Å². The highest BCUT2D eigenvalue weighted by Gasteiger charge is 2.21. The first-order valence-electron chi connectivity index (χ1n) is 10.4. The fourth-order valence-electron chi connectivity index (χ4n) is 3.27. The van der Waals surface area contributed by atoms with Crippen LogP contribution in [0.2, 0.25) is 0 Å². The molecule has 3 aromatic carbocycles. The molecule has 0 spiro atoms. The Kier molecular flexibility index (Phi) is 5.78. The van der Waals surface area contributed by atoms with E-state index in [1.54, 1.807) is 4.68 Å². The van der Waals surface area contributed by atoms with E-state index in [4.69, 9.17) is 9.15 Å². The lowest BCUT2D eigenvalue weighted by molar-refractivity contribution is -0.384. The molecule has 0 amide bonds. The summed E-state index contributed by atoms with van der Waals surface area (Å²) in [6.45, 7) is -0.292. The molecule has 0 aliphatic rings. The van der Waals surface area contributed by atoms with Crippen LogP contribution >= 0.6 is 0 Å². The maximum Gasteiger partial charge on any atom is 0.378 e. The Labute approximate surface area is 197 Å². The van der Waals surface area contributed by atoms with E-state index < -0.39 is 10.9 Å². The second kappa shape index (κ2) is 9.35. The highest BCUT2D eigenvalue weighted by molar-refractivity contribution is 5.86. The quantitative estimate of drug-likeness (QED) is 0.195. The monoisotopic (exact) mass is 468 g/mol. The average molecular weight is 468 g/mol. The van der Waals surface area contributed by atoms with Gasteiger partial charge in [0.15, 0.2) is 12.4 Å². The van der Waals surface area contributed by atoms with Crippen LogP contribution in [-0.4, -0.2) is 35.9 Å². The minimum Gasteiger partial charge on any atom is -0.450 e. The average Bonchev–Trinajstić information content (AvgIpc) is 3.56. The molecule has 0 fully saturated rings. The summed E-state index contributed by atoms with van der Waals surface area (Å²) in [5, 5.41) is 22.9. The van der Waals surface area contributed by atoms with Crippen LogP contribution in [0.1, 0.15) is 16.5 Å². The Balaban J connectivity index is 1.33. The van der Waals surface area contributed by atoms with E-state index >= 15 is 0 Å². The SMILES string of the molecule is O=C(OCc1nnc(-c2ccc([N+](=O)[O-])cc2)o1)c1nc(-c2ccccc2)n(-c2ccccc2)n1. The summed E-state index contributed by atoms with van der Waals surface area (Å²) < 4.78 is 12.4. The Morgan fingerprint density at radius 1 is 0.914 bits per heavy atom. The number of hydrogen-bond acceptors (Lipinski definition) is 9. The van der Waals surface area contributed by atoms with Gasteiger partial charge >= 0.3 is 5.97 Å². The molecular weight excluding hydrogens is 452 g/mol. The Morgan fingerprint density at radius 3 is 2.29 bits per heavy atom. The van der Waals surface area contributed by atoms with Gasteiger partial charge in [-0.1, -0.05) is 48.5 Å². The zero-order chi connectivity index (χ0) is 24.2. The number of benzene rings is 3. The van der Waals surface area contributed by atoms with Gasteiger partial charge in [0.25, 0.3) is 17.4 Å². The second-order valence-electron chi connectivity index (χ2n) is 7.25. The molecule has 35 heavy (non-hydrogen) atoms. The summed E-state index contributed by atoms with van der Waals surface area (Å²) in [5.74, 6) is -0.196. The van der Waals surface area contributed by atoms with Gasteiger partial charge in [-0.2, -0.15) is 0 Å². The minimum absolute atomic E-state index is 0.0532. The van der Waals surface area contributed by atoms with Crippen LogP contribution in [0.5, 0.6) is 0 Å². The largest absolute Gasteiger partial charge is 0.450 e. The molecular formula is C24H16N6O5. The topological polar surface area (TPSA) is 139 Å². The maximum absolute atomic E-state index is 12.7. The van der Waals surface area contributed by atoms with Gasteiger partial charge in [0.1, 0.15) is 0 Å². The predicted octanol–water partition coefficient (Wildman–Crippen LogP) is 4.25. The summed E-state index contributed by atoms with van der Waals surface area (Å²) >= 11 is 0. The molecule has 0 atom stereocenters. The fourth-order valence-corrected chi connectivity index (χ4v) is 3.27. The molecule has 2 aromatic heterocycles. The number of rotatable bonds is 7. The molecule has 0 bridgehead atoms. The van der Waals surface area contributed by atoms with Crippen molar-refractivity contribution in [2.45, 2.75) is 6.61 Å². The minimum atomic E-state index is -0.757. The molecule has 0 aliphatic heterocycles. The third-order valence-corrected chi connectivity index (χ3v) is 4.94. The first kappa shape index (κ1) is 21.6. The number of nitro groups is 1. The molecule has 11 heteroatoms. The molecule has 0 unspecified atom stereocenters. The van der Waals surface area contributed by atoms with Crippen molar-refractivity contribution in [3.63, 3.8) is 0 Å². The highest BCUT2D eigenvalue weighted by Crippen LogP contribution is 2.23. The van der Waals surface area contributed by atoms with Gasteiger partial charge < -0.3 is 9.15 Å². The number of para-hydroxylation sites is 1. The predicted molar refractivity (Wildman–Crippen MR) is 122 cm³/mol. The van der Waals surface area contributed by atoms with Gasteiger partial charge in [0.05, 0.1) is 10.6 Å². The van der Waals surface area contributed by atoms with E-state index in [2.05, 4.69) is 20.3 Å². The number of aromatic nitrogens is 5. The first-order chi connectivity index (χ1) is 17.1. The van der Waals surface area contributed by atoms with Gasteiger partial charge in [-0.15, -0.1) is 15.3 Å². The summed E-state index contributed by atoms with van der Waals surface area (Å²) in [6.07, 6.45) is 0. The van der Waals surface area contributed by atoms with Crippen LogP contribution in [0.4, 0.5) is 5.69 Å². The fraction of sp³-hybridized carbons (Fsp3) is 0.0417. The number of hydrogen-bond donors (Lipinski definition) is 0. The van der Waals surface area contributed by atoms with Crippen LogP contribution in [-0.2, 0) is 11.3 Å². The molecule has 0 aliphatic carbocycles. The highest BCUT2D eigenvalue weighted by atomic mass is 16.6. The molecule has 172 valence electrons. The molecule has 0 N–H and O–H groups in total. The van der Waals surface area contributed by atoms with Crippen molar-refractivity contribution in [2.24, 2.45) is 0 Å². The summed E-state index contributed by atoms with van der Waals surface area (Å²) in [5.41, 5.74) is 1.96. The van der Waals surface area contributed by atoms with Crippen molar-refractivity contribution in [1.29, 1.82) is 0 Å². The molecule has 0 saturated heterocycles. The molecule has 0 saturated carbocycles. The van der Waals surface area contributed by atoms with Crippen molar-refractivity contribution in [2.75, 3.05) is 0 Å². The smallest absolute Gasteiger partial charge is 0.378 e. The third kappa shape index (κ3) is 4.64. The van der Waals surface area contributed by atoms with Crippen LogP contribution in [0.3, 0.4) is 0 Å². The molecule has 11 nitrogen and oxygen atoms in total. The Bertz CT molecular complexity index is 1420. The van der Waals surface area contributed by atoms with Crippen molar-refractivity contribution in [1.82, 2.24) is 25.0 Å². The number of carbonyl (C=O) groups is 1. The number of nitro benzene ring substituents is 1. The van der Waals surface area contributed by atoms with Crippen molar-refractivity contribution < 1.29 is 18.9 Å². The third-order valence-electron chi connectivity index (χ3n) is 4.94. The van der Waals surface area contributed by atoms with Crippen LogP contribution in [0, 0.1) is 10.1 Å². The van der Waals surface area contributed by atoms with E-state index in [1.807, 2.05) is 60.7 Å². The number of carbonyl (C=O) groups excluding carboxylic acids is 1. The lowest BCUT2D eigenvalue weighted by Crippen LogP contribution is -2.08. The number of non-ortho nitro benzene ring substituents is 1. The molecule has 5 aromatic rings. The maximum atomic E-state index is 12.7. The van der Waals surface area contributed by atoms with Crippen molar-refractivity contribution >= 4 is 11.7 Å². The van der Waals surface area contributed by atoms with Gasteiger partial charge in [-0.3, -0.25) is 10.1 Å². The summed E-state index contributed by atoms with van der Waals surface area (Å²) in [7, 11) is 0. The van der Waals surface area contributed by atoms with Crippen LogP contribution < -0.4 is 0 Å². The lowest BCUT2D eigenvalue weighted by atomic mass is 10.2. The zero-order valence-corrected chi connectivity index (χ0v) is 18.0. The van der Waals surface area contributed by atoms with Crippen LogP contribution in [0.25, 0.3) is 28.5 Å². The number of esters is 1. The second-order valence-corrected chi connectivity index (χ2v) is 7.25. The van der Waals surface area contributed by atoms with Crippen molar-refractivity contribution in [3.8, 4) is 28.5 Å². The Morgan fingerprint density at radius 2 is 1.60 bits per heavy atom. The molecule has 5 rings (SSSR count). The van der Waals surface area contributed by atoms with Gasteiger partial charge in [0, 0.05) is 23.3 Å². The standard InChI is InChI=1S/C24H16N6O5/c31-24(34-15-20-26-27-23(35-20)17-11-13-19(14-12-17)30(32)33)21-25-22(16-7-3-1-4-8-16)29(28-21)18-9-5-2-6-10-18/h1-14H,15H2. The lowest BCUT2D eigenvalue weighted by Gasteiger charge is -2.05. The first-order valence-corrected chi connectivity index (χ1v) is 10.4. The van der Waals surface area contributed by atoms with Crippen LogP contribution in [0.15, 0.2) is 89.3 Å². The van der Waals surface area contributed by atoms with E-state index in [1.165, 1.54) is 24.3 Å².